The first-order chi connectivity index (χ1) is 7.61. The third-order valence-corrected chi connectivity index (χ3v) is 3.82. The van der Waals surface area contributed by atoms with Crippen LogP contribution in [0.1, 0.15) is 6.42 Å². The van der Waals surface area contributed by atoms with Crippen molar-refractivity contribution in [1.29, 1.82) is 0 Å². The van der Waals surface area contributed by atoms with Crippen LogP contribution >= 0.6 is 27.5 Å². The SMILES string of the molecule is COC1C(Br)CC1Oc1ccc(F)cc1Cl. The number of benzene rings is 1. The molecule has 3 atom stereocenters. The average molecular weight is 310 g/mol. The molecule has 0 heterocycles. The minimum atomic E-state index is -0.368. The van der Waals surface area contributed by atoms with Gasteiger partial charge in [0.15, 0.2) is 0 Å². The Bertz CT molecular complexity index is 388. The van der Waals surface area contributed by atoms with E-state index in [4.69, 9.17) is 21.1 Å². The second-order valence-electron chi connectivity index (χ2n) is 3.68. The molecule has 0 N–H and O–H groups in total. The summed E-state index contributed by atoms with van der Waals surface area (Å²) in [5.41, 5.74) is 0. The maximum atomic E-state index is 12.8. The zero-order valence-electron chi connectivity index (χ0n) is 8.62. The highest BCUT2D eigenvalue weighted by atomic mass is 79.9. The minimum Gasteiger partial charge on any atom is -0.486 e. The number of halogens is 3. The van der Waals surface area contributed by atoms with Gasteiger partial charge in [-0.1, -0.05) is 27.5 Å². The van der Waals surface area contributed by atoms with Crippen molar-refractivity contribution in [2.45, 2.75) is 23.5 Å². The molecule has 0 aliphatic heterocycles. The summed E-state index contributed by atoms with van der Waals surface area (Å²) in [6.45, 7) is 0. The minimum absolute atomic E-state index is 0.0149. The Balaban J connectivity index is 2.04. The van der Waals surface area contributed by atoms with E-state index in [1.807, 2.05) is 0 Å². The molecule has 1 aromatic rings. The number of ether oxygens (including phenoxy) is 2. The molecule has 1 fully saturated rings. The van der Waals surface area contributed by atoms with Crippen LogP contribution in [-0.2, 0) is 4.74 Å². The lowest BCUT2D eigenvalue weighted by atomic mass is 9.91. The summed E-state index contributed by atoms with van der Waals surface area (Å²) in [4.78, 5) is 0.307. The molecular formula is C11H11BrClFO2. The number of rotatable bonds is 3. The molecule has 0 aromatic heterocycles. The Kier molecular flexibility index (Phi) is 3.72. The summed E-state index contributed by atoms with van der Waals surface area (Å²) < 4.78 is 23.7. The Hall–Kier alpha value is -0.320. The van der Waals surface area contributed by atoms with Crippen LogP contribution in [-0.4, -0.2) is 24.1 Å². The Labute approximate surface area is 107 Å². The smallest absolute Gasteiger partial charge is 0.138 e. The lowest BCUT2D eigenvalue weighted by molar-refractivity contribution is -0.0544. The summed E-state index contributed by atoms with van der Waals surface area (Å²) in [5, 5.41) is 0.285. The fraction of sp³-hybridized carbons (Fsp3) is 0.455. The Morgan fingerprint density at radius 3 is 2.81 bits per heavy atom. The van der Waals surface area contributed by atoms with E-state index in [1.54, 1.807) is 7.11 Å². The zero-order valence-corrected chi connectivity index (χ0v) is 11.0. The van der Waals surface area contributed by atoms with Crippen LogP contribution in [0.25, 0.3) is 0 Å². The zero-order chi connectivity index (χ0) is 11.7. The first-order valence-electron chi connectivity index (χ1n) is 4.90. The van der Waals surface area contributed by atoms with Gasteiger partial charge in [0.25, 0.3) is 0 Å². The van der Waals surface area contributed by atoms with Crippen LogP contribution in [0.3, 0.4) is 0 Å². The van der Waals surface area contributed by atoms with Gasteiger partial charge in [0, 0.05) is 18.4 Å². The van der Waals surface area contributed by atoms with E-state index in [0.29, 0.717) is 10.6 Å². The lowest BCUT2D eigenvalue weighted by Crippen LogP contribution is -2.51. The molecule has 0 bridgehead atoms. The predicted molar refractivity (Wildman–Crippen MR) is 64.0 cm³/mol. The van der Waals surface area contributed by atoms with E-state index in [1.165, 1.54) is 18.2 Å². The van der Waals surface area contributed by atoms with E-state index >= 15 is 0 Å². The summed E-state index contributed by atoms with van der Waals surface area (Å²) in [6, 6.07) is 4.10. The molecule has 0 radical (unpaired) electrons. The van der Waals surface area contributed by atoms with Gasteiger partial charge in [-0.05, 0) is 18.2 Å². The van der Waals surface area contributed by atoms with Gasteiger partial charge in [-0.15, -0.1) is 0 Å². The molecule has 1 aliphatic carbocycles. The molecule has 1 saturated carbocycles. The molecule has 16 heavy (non-hydrogen) atoms. The van der Waals surface area contributed by atoms with Crippen molar-refractivity contribution < 1.29 is 13.9 Å². The standard InChI is InChI=1S/C11H11BrClFO2/c1-15-11-7(12)5-10(11)16-9-3-2-6(14)4-8(9)13/h2-4,7,10-11H,5H2,1H3. The van der Waals surface area contributed by atoms with Gasteiger partial charge in [0.2, 0.25) is 0 Å². The highest BCUT2D eigenvalue weighted by Gasteiger charge is 2.41. The van der Waals surface area contributed by atoms with Crippen molar-refractivity contribution in [2.75, 3.05) is 7.11 Å². The van der Waals surface area contributed by atoms with Crippen molar-refractivity contribution in [3.63, 3.8) is 0 Å². The van der Waals surface area contributed by atoms with E-state index in [2.05, 4.69) is 15.9 Å². The van der Waals surface area contributed by atoms with E-state index in [9.17, 15) is 4.39 Å². The average Bonchev–Trinajstić information content (AvgIpc) is 2.21. The third-order valence-electron chi connectivity index (χ3n) is 2.62. The van der Waals surface area contributed by atoms with Crippen molar-refractivity contribution in [2.24, 2.45) is 0 Å². The van der Waals surface area contributed by atoms with E-state index < -0.39 is 0 Å². The van der Waals surface area contributed by atoms with Gasteiger partial charge in [-0.25, -0.2) is 4.39 Å². The number of methoxy groups -OCH3 is 1. The molecule has 1 aliphatic rings. The van der Waals surface area contributed by atoms with Crippen LogP contribution in [0.15, 0.2) is 18.2 Å². The number of hydrogen-bond acceptors (Lipinski definition) is 2. The highest BCUT2D eigenvalue weighted by molar-refractivity contribution is 9.09. The fourth-order valence-electron chi connectivity index (χ4n) is 1.68. The van der Waals surface area contributed by atoms with Crippen LogP contribution in [0.5, 0.6) is 5.75 Å². The Morgan fingerprint density at radius 1 is 1.50 bits per heavy atom. The summed E-state index contributed by atoms with van der Waals surface area (Å²) in [6.07, 6.45) is 0.838. The van der Waals surface area contributed by atoms with Gasteiger partial charge in [0.1, 0.15) is 23.8 Å². The molecule has 2 rings (SSSR count). The molecule has 1 aromatic carbocycles. The molecule has 0 saturated heterocycles. The van der Waals surface area contributed by atoms with Crippen molar-refractivity contribution in [3.8, 4) is 5.75 Å². The largest absolute Gasteiger partial charge is 0.486 e. The van der Waals surface area contributed by atoms with Gasteiger partial charge >= 0.3 is 0 Å². The normalized spacial score (nSPS) is 28.6. The number of alkyl halides is 1. The summed E-state index contributed by atoms with van der Waals surface area (Å²) in [5.74, 6) is 0.127. The number of hydrogen-bond donors (Lipinski definition) is 0. The van der Waals surface area contributed by atoms with Crippen LogP contribution in [0.2, 0.25) is 5.02 Å². The van der Waals surface area contributed by atoms with Crippen molar-refractivity contribution in [1.82, 2.24) is 0 Å². The second-order valence-corrected chi connectivity index (χ2v) is 5.27. The molecule has 3 unspecified atom stereocenters. The van der Waals surface area contributed by atoms with E-state index in [0.717, 1.165) is 6.42 Å². The molecule has 5 heteroatoms. The van der Waals surface area contributed by atoms with Gasteiger partial charge in [0.05, 0.1) is 5.02 Å². The van der Waals surface area contributed by atoms with Crippen molar-refractivity contribution >= 4 is 27.5 Å². The maximum absolute atomic E-state index is 12.8. The van der Waals surface area contributed by atoms with Gasteiger partial charge in [-0.3, -0.25) is 0 Å². The quantitative estimate of drug-likeness (QED) is 0.797. The molecular weight excluding hydrogens is 298 g/mol. The summed E-state index contributed by atoms with van der Waals surface area (Å²) >= 11 is 9.34. The third kappa shape index (κ3) is 2.34. The molecule has 2 nitrogen and oxygen atoms in total. The second kappa shape index (κ2) is 4.90. The van der Waals surface area contributed by atoms with Gasteiger partial charge < -0.3 is 9.47 Å². The van der Waals surface area contributed by atoms with E-state index in [-0.39, 0.29) is 23.0 Å². The maximum Gasteiger partial charge on any atom is 0.138 e. The predicted octanol–water partition coefficient (Wildman–Crippen LogP) is 3.41. The molecule has 88 valence electrons. The monoisotopic (exact) mass is 308 g/mol. The van der Waals surface area contributed by atoms with Crippen LogP contribution in [0.4, 0.5) is 4.39 Å². The van der Waals surface area contributed by atoms with Crippen LogP contribution < -0.4 is 4.74 Å². The fourth-order valence-corrected chi connectivity index (χ4v) is 2.81. The lowest BCUT2D eigenvalue weighted by Gasteiger charge is -2.40. The topological polar surface area (TPSA) is 18.5 Å². The van der Waals surface area contributed by atoms with Crippen molar-refractivity contribution in [3.05, 3.63) is 29.0 Å². The first-order valence-corrected chi connectivity index (χ1v) is 6.19. The first kappa shape index (κ1) is 12.1. The van der Waals surface area contributed by atoms with Gasteiger partial charge in [-0.2, -0.15) is 0 Å². The Morgan fingerprint density at radius 2 is 2.25 bits per heavy atom. The molecule has 0 spiro atoms. The van der Waals surface area contributed by atoms with Crippen LogP contribution in [0, 0.1) is 5.82 Å². The summed E-state index contributed by atoms with van der Waals surface area (Å²) in [7, 11) is 1.64. The molecule has 0 amide bonds. The highest BCUT2D eigenvalue weighted by Crippen LogP contribution is 2.36.